The topological polar surface area (TPSA) is 45.3 Å². The van der Waals surface area contributed by atoms with E-state index in [4.69, 9.17) is 4.74 Å². The molecule has 2 heterocycles. The molecule has 0 atom stereocenters. The molecule has 0 aromatic rings. The van der Waals surface area contributed by atoms with Crippen LogP contribution in [0.5, 0.6) is 0 Å². The van der Waals surface area contributed by atoms with Gasteiger partial charge in [0.05, 0.1) is 13.2 Å². The second kappa shape index (κ2) is 12.8. The number of piperazine rings is 1. The van der Waals surface area contributed by atoms with E-state index in [0.29, 0.717) is 0 Å². The van der Waals surface area contributed by atoms with E-state index in [1.54, 1.807) is 0 Å². The van der Waals surface area contributed by atoms with Gasteiger partial charge < -0.3 is 20.7 Å². The van der Waals surface area contributed by atoms with Crippen molar-refractivity contribution in [2.75, 3.05) is 52.5 Å². The summed E-state index contributed by atoms with van der Waals surface area (Å²) < 4.78 is 5.01. The molecular weight excluding hydrogens is 178 g/mol. The maximum Gasteiger partial charge on any atom is 0.0591 e. The van der Waals surface area contributed by atoms with Crippen LogP contribution in [0.3, 0.4) is 0 Å². The fourth-order valence-corrected chi connectivity index (χ4v) is 1.12. The highest BCUT2D eigenvalue weighted by Crippen LogP contribution is 1.76. The molecule has 2 saturated heterocycles. The number of morpholine rings is 1. The summed E-state index contributed by atoms with van der Waals surface area (Å²) >= 11 is 0. The Hall–Kier alpha value is -0.160. The highest BCUT2D eigenvalue weighted by atomic mass is 16.5. The number of nitrogens with one attached hydrogen (secondary N) is 3. The van der Waals surface area contributed by atoms with Crippen molar-refractivity contribution in [3.05, 3.63) is 0 Å². The minimum atomic E-state index is 0.889. The zero-order chi connectivity index (χ0) is 10.5. The Labute approximate surface area is 87.8 Å². The molecule has 2 aliphatic heterocycles. The van der Waals surface area contributed by atoms with Gasteiger partial charge in [-0.3, -0.25) is 0 Å². The van der Waals surface area contributed by atoms with Gasteiger partial charge in [-0.1, -0.05) is 13.8 Å². The molecule has 0 aromatic heterocycles. The van der Waals surface area contributed by atoms with Gasteiger partial charge in [-0.05, 0) is 0 Å². The summed E-state index contributed by atoms with van der Waals surface area (Å²) in [5, 5.41) is 9.60. The summed E-state index contributed by atoms with van der Waals surface area (Å²) in [6.45, 7) is 12.4. The minimum Gasteiger partial charge on any atom is -0.379 e. The Kier molecular flexibility index (Phi) is 12.7. The molecule has 0 amide bonds. The fraction of sp³-hybridized carbons (Fsp3) is 1.00. The smallest absolute Gasteiger partial charge is 0.0591 e. The molecule has 2 fully saturated rings. The second-order valence-electron chi connectivity index (χ2n) is 2.86. The quantitative estimate of drug-likeness (QED) is 0.511. The van der Waals surface area contributed by atoms with Gasteiger partial charge in [0, 0.05) is 39.3 Å². The van der Waals surface area contributed by atoms with Crippen LogP contribution >= 0.6 is 0 Å². The summed E-state index contributed by atoms with van der Waals surface area (Å²) in [7, 11) is 0. The lowest BCUT2D eigenvalue weighted by atomic mass is 10.4. The summed E-state index contributed by atoms with van der Waals surface area (Å²) in [5.41, 5.74) is 0. The minimum absolute atomic E-state index is 0.889. The van der Waals surface area contributed by atoms with Crippen LogP contribution in [0.2, 0.25) is 0 Å². The first-order valence-electron chi connectivity index (χ1n) is 5.70. The Morgan fingerprint density at radius 3 is 1.14 bits per heavy atom. The van der Waals surface area contributed by atoms with Crippen molar-refractivity contribution >= 4 is 0 Å². The van der Waals surface area contributed by atoms with Gasteiger partial charge in [-0.2, -0.15) is 0 Å². The third-order valence-corrected chi connectivity index (χ3v) is 1.80. The Bertz CT molecular complexity index is 58.3. The molecule has 4 heteroatoms. The maximum atomic E-state index is 5.01. The van der Waals surface area contributed by atoms with Crippen molar-refractivity contribution in [2.45, 2.75) is 13.8 Å². The molecule has 0 aromatic carbocycles. The molecule has 0 unspecified atom stereocenters. The summed E-state index contributed by atoms with van der Waals surface area (Å²) in [5.74, 6) is 0. The number of rotatable bonds is 0. The van der Waals surface area contributed by atoms with E-state index in [1.807, 2.05) is 13.8 Å². The molecule has 0 bridgehead atoms. The zero-order valence-electron chi connectivity index (χ0n) is 9.57. The highest BCUT2D eigenvalue weighted by Gasteiger charge is 1.93. The van der Waals surface area contributed by atoms with E-state index in [9.17, 15) is 0 Å². The van der Waals surface area contributed by atoms with E-state index in [1.165, 1.54) is 0 Å². The fourth-order valence-electron chi connectivity index (χ4n) is 1.12. The number of ether oxygens (including phenoxy) is 1. The first kappa shape index (κ1) is 13.8. The van der Waals surface area contributed by atoms with E-state index < -0.39 is 0 Å². The largest absolute Gasteiger partial charge is 0.379 e. The predicted octanol–water partition coefficient (Wildman–Crippen LogP) is -0.188. The Balaban J connectivity index is 0.000000206. The molecule has 0 saturated carbocycles. The van der Waals surface area contributed by atoms with Crippen LogP contribution in [0, 0.1) is 0 Å². The van der Waals surface area contributed by atoms with E-state index in [-0.39, 0.29) is 0 Å². The predicted molar refractivity (Wildman–Crippen MR) is 60.8 cm³/mol. The van der Waals surface area contributed by atoms with Crippen LogP contribution in [-0.4, -0.2) is 52.5 Å². The molecule has 2 aliphatic rings. The Morgan fingerprint density at radius 2 is 1.00 bits per heavy atom. The van der Waals surface area contributed by atoms with Crippen molar-refractivity contribution in [1.82, 2.24) is 16.0 Å². The lowest BCUT2D eigenvalue weighted by Gasteiger charge is -2.11. The first-order chi connectivity index (χ1) is 7.00. The molecule has 0 spiro atoms. The summed E-state index contributed by atoms with van der Waals surface area (Å²) in [6, 6.07) is 0. The molecule has 0 radical (unpaired) electrons. The van der Waals surface area contributed by atoms with Crippen molar-refractivity contribution in [3.63, 3.8) is 0 Å². The lowest BCUT2D eigenvalue weighted by molar-refractivity contribution is 0.109. The summed E-state index contributed by atoms with van der Waals surface area (Å²) in [6.07, 6.45) is 0. The van der Waals surface area contributed by atoms with Crippen molar-refractivity contribution in [2.24, 2.45) is 0 Å². The first-order valence-corrected chi connectivity index (χ1v) is 5.70. The van der Waals surface area contributed by atoms with Gasteiger partial charge in [0.15, 0.2) is 0 Å². The van der Waals surface area contributed by atoms with Crippen LogP contribution in [0.4, 0.5) is 0 Å². The van der Waals surface area contributed by atoms with Gasteiger partial charge in [-0.15, -0.1) is 0 Å². The van der Waals surface area contributed by atoms with Crippen LogP contribution in [0.15, 0.2) is 0 Å². The normalized spacial score (nSPS) is 21.0. The van der Waals surface area contributed by atoms with Gasteiger partial charge in [0.25, 0.3) is 0 Å². The van der Waals surface area contributed by atoms with Crippen molar-refractivity contribution in [3.8, 4) is 0 Å². The molecule has 2 rings (SSSR count). The molecule has 0 aliphatic carbocycles. The second-order valence-corrected chi connectivity index (χ2v) is 2.86. The van der Waals surface area contributed by atoms with Crippen molar-refractivity contribution < 1.29 is 4.74 Å². The zero-order valence-corrected chi connectivity index (χ0v) is 9.57. The lowest BCUT2D eigenvalue weighted by Crippen LogP contribution is -2.39. The van der Waals surface area contributed by atoms with Gasteiger partial charge in [-0.25, -0.2) is 0 Å². The van der Waals surface area contributed by atoms with Crippen molar-refractivity contribution in [1.29, 1.82) is 0 Å². The van der Waals surface area contributed by atoms with Crippen LogP contribution in [0.1, 0.15) is 13.8 Å². The SMILES string of the molecule is C1CNCCN1.C1COCCN1.CC. The molecule has 86 valence electrons. The van der Waals surface area contributed by atoms with Gasteiger partial charge in [0.2, 0.25) is 0 Å². The number of hydrogen-bond acceptors (Lipinski definition) is 4. The molecular formula is C10H25N3O. The molecule has 3 N–H and O–H groups in total. The maximum absolute atomic E-state index is 5.01. The van der Waals surface area contributed by atoms with Gasteiger partial charge >= 0.3 is 0 Å². The van der Waals surface area contributed by atoms with E-state index >= 15 is 0 Å². The molecule has 4 nitrogen and oxygen atoms in total. The standard InChI is InChI=1S/C4H10N2.C4H9NO.C2H6/c1-2-6-4-3-5-1;1-3-6-4-2-5-1;1-2/h5-6H,1-4H2;5H,1-4H2;1-2H3. The third kappa shape index (κ3) is 9.92. The van der Waals surface area contributed by atoms with E-state index in [2.05, 4.69) is 16.0 Å². The third-order valence-electron chi connectivity index (χ3n) is 1.80. The molecule has 14 heavy (non-hydrogen) atoms. The average Bonchev–Trinajstić information content (AvgIpc) is 2.37. The van der Waals surface area contributed by atoms with E-state index in [0.717, 1.165) is 52.5 Å². The Morgan fingerprint density at radius 1 is 0.643 bits per heavy atom. The van der Waals surface area contributed by atoms with Gasteiger partial charge in [0.1, 0.15) is 0 Å². The monoisotopic (exact) mass is 203 g/mol. The highest BCUT2D eigenvalue weighted by molar-refractivity contribution is 4.59. The average molecular weight is 203 g/mol. The van der Waals surface area contributed by atoms with Crippen LogP contribution in [0.25, 0.3) is 0 Å². The number of hydrogen-bond donors (Lipinski definition) is 3. The van der Waals surface area contributed by atoms with Crippen LogP contribution < -0.4 is 16.0 Å². The summed E-state index contributed by atoms with van der Waals surface area (Å²) in [4.78, 5) is 0. The van der Waals surface area contributed by atoms with Crippen LogP contribution in [-0.2, 0) is 4.74 Å².